The van der Waals surface area contributed by atoms with E-state index in [0.29, 0.717) is 26.1 Å². The van der Waals surface area contributed by atoms with Crippen LogP contribution in [0.25, 0.3) is 0 Å². The third kappa shape index (κ3) is 2.64. The maximum absolute atomic E-state index is 12.5. The number of nitrogens with zero attached hydrogens (tertiary/aromatic N) is 1. The van der Waals surface area contributed by atoms with Crippen molar-refractivity contribution in [1.82, 2.24) is 10.2 Å². The van der Waals surface area contributed by atoms with Crippen molar-refractivity contribution < 1.29 is 19.4 Å². The van der Waals surface area contributed by atoms with Crippen molar-refractivity contribution >= 4 is 11.9 Å². The van der Waals surface area contributed by atoms with Gasteiger partial charge in [-0.1, -0.05) is 6.07 Å². The lowest BCUT2D eigenvalue weighted by molar-refractivity contribution is -0.133. The molecule has 0 radical (unpaired) electrons. The van der Waals surface area contributed by atoms with E-state index in [1.54, 1.807) is 30.2 Å². The molecule has 0 saturated carbocycles. The lowest BCUT2D eigenvalue weighted by Gasteiger charge is -2.20. The number of carbonyl (C=O) groups excluding carboxylic acids is 1. The Hall–Kier alpha value is -1.92. The molecule has 1 fully saturated rings. The summed E-state index contributed by atoms with van der Waals surface area (Å²) in [7, 11) is 1.65. The second-order valence-electron chi connectivity index (χ2n) is 5.54. The fourth-order valence-corrected chi connectivity index (χ4v) is 2.97. The minimum absolute atomic E-state index is 0.0580. The van der Waals surface area contributed by atoms with Crippen LogP contribution in [0, 0.1) is 0 Å². The lowest BCUT2D eigenvalue weighted by Crippen LogP contribution is -2.40. The van der Waals surface area contributed by atoms with Gasteiger partial charge in [-0.05, 0) is 29.7 Å². The number of fused-ring (bicyclic) bond motifs is 1. The van der Waals surface area contributed by atoms with Gasteiger partial charge in [0.2, 0.25) is 5.91 Å². The first-order valence-corrected chi connectivity index (χ1v) is 6.98. The third-order valence-corrected chi connectivity index (χ3v) is 4.21. The van der Waals surface area contributed by atoms with Crippen molar-refractivity contribution in [2.75, 3.05) is 13.7 Å². The molecule has 0 aliphatic carbocycles. The van der Waals surface area contributed by atoms with E-state index in [-0.39, 0.29) is 23.6 Å². The molecule has 0 spiro atoms. The smallest absolute Gasteiger partial charge is 0.335 e. The Morgan fingerprint density at radius 2 is 2.10 bits per heavy atom. The predicted molar refractivity (Wildman–Crippen MR) is 74.9 cm³/mol. The highest BCUT2D eigenvalue weighted by atomic mass is 16.5. The molecular formula is C15H18N2O4. The monoisotopic (exact) mass is 290 g/mol. The Labute approximate surface area is 122 Å². The third-order valence-electron chi connectivity index (χ3n) is 4.21. The maximum Gasteiger partial charge on any atom is 0.335 e. The zero-order valence-electron chi connectivity index (χ0n) is 11.8. The van der Waals surface area contributed by atoms with Gasteiger partial charge in [-0.15, -0.1) is 0 Å². The molecule has 0 bridgehead atoms. The summed E-state index contributed by atoms with van der Waals surface area (Å²) < 4.78 is 5.26. The van der Waals surface area contributed by atoms with Crippen LogP contribution in [0.15, 0.2) is 18.2 Å². The number of carboxylic acids is 1. The largest absolute Gasteiger partial charge is 0.478 e. The quantitative estimate of drug-likeness (QED) is 0.852. The maximum atomic E-state index is 12.5. The molecule has 2 atom stereocenters. The lowest BCUT2D eigenvalue weighted by atomic mass is 10.1. The van der Waals surface area contributed by atoms with E-state index in [1.165, 1.54) is 0 Å². The van der Waals surface area contributed by atoms with Crippen LogP contribution >= 0.6 is 0 Å². The van der Waals surface area contributed by atoms with E-state index in [2.05, 4.69) is 5.32 Å². The van der Waals surface area contributed by atoms with Crippen molar-refractivity contribution in [3.8, 4) is 0 Å². The summed E-state index contributed by atoms with van der Waals surface area (Å²) in [6, 6.07) is 4.84. The number of hydrogen-bond donors (Lipinski definition) is 2. The van der Waals surface area contributed by atoms with Crippen LogP contribution in [-0.2, 0) is 22.6 Å². The molecule has 1 amide bonds. The number of rotatable bonds is 3. The number of methoxy groups -OCH3 is 1. The Morgan fingerprint density at radius 1 is 1.33 bits per heavy atom. The van der Waals surface area contributed by atoms with Gasteiger partial charge < -0.3 is 20.1 Å². The molecule has 2 aliphatic rings. The minimum Gasteiger partial charge on any atom is -0.478 e. The molecule has 2 unspecified atom stereocenters. The topological polar surface area (TPSA) is 78.9 Å². The van der Waals surface area contributed by atoms with Crippen LogP contribution in [-0.4, -0.2) is 47.7 Å². The Balaban J connectivity index is 1.70. The Morgan fingerprint density at radius 3 is 2.76 bits per heavy atom. The number of carbonyl (C=O) groups is 2. The van der Waals surface area contributed by atoms with Gasteiger partial charge in [0.05, 0.1) is 17.7 Å². The molecule has 0 aromatic heterocycles. The standard InChI is InChI=1S/C15H18N2O4/c1-21-12-5-13(16-6-12)14(18)17-7-10-3-2-9(15(19)20)4-11(10)8-17/h2-4,12-13,16H,5-8H2,1H3,(H,19,20). The fourth-order valence-electron chi connectivity index (χ4n) is 2.97. The molecule has 1 aromatic rings. The molecule has 6 nitrogen and oxygen atoms in total. The number of ether oxygens (including phenoxy) is 1. The molecular weight excluding hydrogens is 272 g/mol. The van der Waals surface area contributed by atoms with Gasteiger partial charge in [0.1, 0.15) is 0 Å². The van der Waals surface area contributed by atoms with Gasteiger partial charge >= 0.3 is 5.97 Å². The summed E-state index contributed by atoms with van der Waals surface area (Å²) in [5.74, 6) is -0.884. The number of nitrogens with one attached hydrogen (secondary N) is 1. The summed E-state index contributed by atoms with van der Waals surface area (Å²) in [6.07, 6.45) is 0.769. The van der Waals surface area contributed by atoms with Crippen molar-refractivity contribution in [3.05, 3.63) is 34.9 Å². The Kier molecular flexibility index (Phi) is 3.65. The predicted octanol–water partition coefficient (Wildman–Crippen LogP) is 0.604. The van der Waals surface area contributed by atoms with Crippen LogP contribution in [0.4, 0.5) is 0 Å². The molecule has 21 heavy (non-hydrogen) atoms. The van der Waals surface area contributed by atoms with Crippen LogP contribution in [0.1, 0.15) is 27.9 Å². The van der Waals surface area contributed by atoms with Crippen LogP contribution in [0.2, 0.25) is 0 Å². The number of carboxylic acid groups (broad SMARTS) is 1. The van der Waals surface area contributed by atoms with Gasteiger partial charge in [0, 0.05) is 26.7 Å². The van der Waals surface area contributed by atoms with Crippen LogP contribution < -0.4 is 5.32 Å². The first-order valence-electron chi connectivity index (χ1n) is 6.98. The molecule has 1 saturated heterocycles. The van der Waals surface area contributed by atoms with E-state index >= 15 is 0 Å². The van der Waals surface area contributed by atoms with E-state index in [0.717, 1.165) is 11.1 Å². The summed E-state index contributed by atoms with van der Waals surface area (Å²) >= 11 is 0. The van der Waals surface area contributed by atoms with Gasteiger partial charge in [-0.25, -0.2) is 4.79 Å². The zero-order valence-corrected chi connectivity index (χ0v) is 11.8. The second kappa shape index (κ2) is 5.46. The first kappa shape index (κ1) is 14.0. The van der Waals surface area contributed by atoms with Gasteiger partial charge in [-0.2, -0.15) is 0 Å². The van der Waals surface area contributed by atoms with E-state index in [4.69, 9.17) is 9.84 Å². The van der Waals surface area contributed by atoms with Gasteiger partial charge in [0.15, 0.2) is 0 Å². The summed E-state index contributed by atoms with van der Waals surface area (Å²) in [4.78, 5) is 25.2. The number of aromatic carboxylic acids is 1. The average Bonchev–Trinajstić information content (AvgIpc) is 3.11. The highest BCUT2D eigenvalue weighted by molar-refractivity contribution is 5.88. The van der Waals surface area contributed by atoms with Crippen molar-refractivity contribution in [3.63, 3.8) is 0 Å². The molecule has 2 N–H and O–H groups in total. The van der Waals surface area contributed by atoms with E-state index < -0.39 is 5.97 Å². The molecule has 112 valence electrons. The van der Waals surface area contributed by atoms with Crippen molar-refractivity contribution in [2.45, 2.75) is 31.7 Å². The Bertz CT molecular complexity index is 587. The number of hydrogen-bond acceptors (Lipinski definition) is 4. The highest BCUT2D eigenvalue weighted by Gasteiger charge is 2.34. The van der Waals surface area contributed by atoms with Crippen LogP contribution in [0.5, 0.6) is 0 Å². The minimum atomic E-state index is -0.942. The molecule has 1 aromatic carbocycles. The second-order valence-corrected chi connectivity index (χ2v) is 5.54. The molecule has 6 heteroatoms. The highest BCUT2D eigenvalue weighted by Crippen LogP contribution is 2.25. The number of benzene rings is 1. The normalized spacial score (nSPS) is 24.1. The number of amides is 1. The summed E-state index contributed by atoms with van der Waals surface area (Å²) in [5, 5.41) is 12.2. The molecule has 2 heterocycles. The van der Waals surface area contributed by atoms with Crippen LogP contribution in [0.3, 0.4) is 0 Å². The van der Waals surface area contributed by atoms with Crippen molar-refractivity contribution in [2.24, 2.45) is 0 Å². The van der Waals surface area contributed by atoms with E-state index in [1.807, 2.05) is 0 Å². The summed E-state index contributed by atoms with van der Waals surface area (Å²) in [6.45, 7) is 1.71. The molecule has 3 rings (SSSR count). The SMILES string of the molecule is COC1CNC(C(=O)N2Cc3ccc(C(=O)O)cc3C2)C1. The zero-order chi connectivity index (χ0) is 15.0. The first-order chi connectivity index (χ1) is 10.1. The van der Waals surface area contributed by atoms with Gasteiger partial charge in [0.25, 0.3) is 0 Å². The molecule has 2 aliphatic heterocycles. The van der Waals surface area contributed by atoms with Crippen molar-refractivity contribution in [1.29, 1.82) is 0 Å². The van der Waals surface area contributed by atoms with E-state index in [9.17, 15) is 9.59 Å². The van der Waals surface area contributed by atoms with Gasteiger partial charge in [-0.3, -0.25) is 4.79 Å². The summed E-state index contributed by atoms with van der Waals surface area (Å²) in [5.41, 5.74) is 2.21. The fraction of sp³-hybridized carbons (Fsp3) is 0.467. The average molecular weight is 290 g/mol.